The van der Waals surface area contributed by atoms with E-state index in [1.165, 1.54) is 18.2 Å². The smallest absolute Gasteiger partial charge is 0.194 e. The minimum absolute atomic E-state index is 0.135. The summed E-state index contributed by atoms with van der Waals surface area (Å²) >= 11 is 3.15. The highest BCUT2D eigenvalue weighted by atomic mass is 79.9. The molecule has 1 N–H and O–H groups in total. The van der Waals surface area contributed by atoms with Gasteiger partial charge in [-0.05, 0) is 29.8 Å². The zero-order valence-corrected chi connectivity index (χ0v) is 11.6. The fourth-order valence-corrected chi connectivity index (χ4v) is 2.22. The minimum Gasteiger partial charge on any atom is -0.388 e. The number of hydrogen-bond acceptors (Lipinski definition) is 1. The Morgan fingerprint density at radius 1 is 0.950 bits per heavy atom. The summed E-state index contributed by atoms with van der Waals surface area (Å²) in [5.41, 5.74) is -0.278. The molecule has 0 aliphatic rings. The van der Waals surface area contributed by atoms with Crippen LogP contribution in [0.15, 0.2) is 34.8 Å². The van der Waals surface area contributed by atoms with Gasteiger partial charge >= 0.3 is 0 Å². The molecule has 0 radical (unpaired) electrons. The molecular weight excluding hydrogens is 340 g/mol. The lowest BCUT2D eigenvalue weighted by atomic mass is 10.0. The van der Waals surface area contributed by atoms with Crippen molar-refractivity contribution in [2.24, 2.45) is 0 Å². The fourth-order valence-electron chi connectivity index (χ4n) is 1.82. The highest BCUT2D eigenvalue weighted by Crippen LogP contribution is 2.26. The average Bonchev–Trinajstić information content (AvgIpc) is 2.40. The number of halogens is 5. The van der Waals surface area contributed by atoms with E-state index < -0.39 is 34.9 Å². The summed E-state index contributed by atoms with van der Waals surface area (Å²) in [6.45, 7) is 0. The molecule has 106 valence electrons. The van der Waals surface area contributed by atoms with Crippen LogP contribution in [0, 0.1) is 23.3 Å². The molecule has 2 aromatic rings. The van der Waals surface area contributed by atoms with Gasteiger partial charge in [-0.1, -0.05) is 22.0 Å². The van der Waals surface area contributed by atoms with E-state index in [1.54, 1.807) is 0 Å². The minimum atomic E-state index is -1.66. The molecule has 2 aromatic carbocycles. The lowest BCUT2D eigenvalue weighted by Crippen LogP contribution is -2.08. The molecule has 0 aromatic heterocycles. The monoisotopic (exact) mass is 348 g/mol. The van der Waals surface area contributed by atoms with Gasteiger partial charge in [-0.3, -0.25) is 0 Å². The van der Waals surface area contributed by atoms with Gasteiger partial charge in [0.2, 0.25) is 0 Å². The van der Waals surface area contributed by atoms with Crippen LogP contribution < -0.4 is 0 Å². The Bertz CT molecular complexity index is 645. The molecule has 1 atom stereocenters. The third-order valence-electron chi connectivity index (χ3n) is 2.85. The summed E-state index contributed by atoms with van der Waals surface area (Å²) in [6.07, 6.45) is -1.73. The summed E-state index contributed by atoms with van der Waals surface area (Å²) in [7, 11) is 0. The summed E-state index contributed by atoms with van der Waals surface area (Å²) in [6, 6.07) is 5.75. The molecule has 0 fully saturated rings. The molecular formula is C14H9BrF4O. The molecule has 1 unspecified atom stereocenters. The normalized spacial score (nSPS) is 12.5. The van der Waals surface area contributed by atoms with Crippen LogP contribution >= 0.6 is 15.9 Å². The van der Waals surface area contributed by atoms with Gasteiger partial charge in [0.1, 0.15) is 5.82 Å². The van der Waals surface area contributed by atoms with Crippen LogP contribution in [0.4, 0.5) is 17.6 Å². The first-order chi connectivity index (χ1) is 9.40. The third kappa shape index (κ3) is 3.02. The number of hydrogen-bond donors (Lipinski definition) is 1. The second-order valence-electron chi connectivity index (χ2n) is 4.22. The largest absolute Gasteiger partial charge is 0.388 e. The van der Waals surface area contributed by atoms with E-state index in [1.807, 2.05) is 0 Å². The summed E-state index contributed by atoms with van der Waals surface area (Å²) in [4.78, 5) is 0. The third-order valence-corrected chi connectivity index (χ3v) is 3.34. The van der Waals surface area contributed by atoms with Crippen molar-refractivity contribution in [3.05, 3.63) is 69.2 Å². The van der Waals surface area contributed by atoms with E-state index in [9.17, 15) is 22.7 Å². The lowest BCUT2D eigenvalue weighted by Gasteiger charge is -2.13. The van der Waals surface area contributed by atoms with Gasteiger partial charge in [-0.2, -0.15) is 0 Å². The molecule has 2 rings (SSSR count). The molecule has 6 heteroatoms. The van der Waals surface area contributed by atoms with Crippen molar-refractivity contribution >= 4 is 15.9 Å². The molecule has 0 heterocycles. The van der Waals surface area contributed by atoms with Gasteiger partial charge in [-0.25, -0.2) is 17.6 Å². The highest BCUT2D eigenvalue weighted by molar-refractivity contribution is 9.10. The molecule has 20 heavy (non-hydrogen) atoms. The Hall–Kier alpha value is -1.40. The molecule has 0 spiro atoms. The second kappa shape index (κ2) is 5.93. The van der Waals surface area contributed by atoms with Gasteiger partial charge in [-0.15, -0.1) is 0 Å². The lowest BCUT2D eigenvalue weighted by molar-refractivity contribution is 0.170. The van der Waals surface area contributed by atoms with Crippen molar-refractivity contribution in [3.63, 3.8) is 0 Å². The van der Waals surface area contributed by atoms with Crippen LogP contribution in [0.1, 0.15) is 17.2 Å². The topological polar surface area (TPSA) is 20.2 Å². The maximum Gasteiger partial charge on any atom is 0.194 e. The quantitative estimate of drug-likeness (QED) is 0.648. The number of aliphatic hydroxyl groups excluding tert-OH is 1. The van der Waals surface area contributed by atoms with Crippen LogP contribution in [0.5, 0.6) is 0 Å². The van der Waals surface area contributed by atoms with Crippen LogP contribution in [-0.4, -0.2) is 5.11 Å². The fraction of sp³-hybridized carbons (Fsp3) is 0.143. The van der Waals surface area contributed by atoms with Crippen molar-refractivity contribution in [1.82, 2.24) is 0 Å². The van der Waals surface area contributed by atoms with Crippen molar-refractivity contribution in [2.75, 3.05) is 0 Å². The first-order valence-corrected chi connectivity index (χ1v) is 6.45. The summed E-state index contributed by atoms with van der Waals surface area (Å²) in [5.74, 6) is -5.04. The molecule has 0 amide bonds. The maximum absolute atomic E-state index is 13.5. The van der Waals surface area contributed by atoms with E-state index in [0.29, 0.717) is 10.5 Å². The predicted octanol–water partition coefficient (Wildman–Crippen LogP) is 4.28. The van der Waals surface area contributed by atoms with Gasteiger partial charge in [0, 0.05) is 16.5 Å². The predicted molar refractivity (Wildman–Crippen MR) is 69.1 cm³/mol. The number of benzene rings is 2. The van der Waals surface area contributed by atoms with E-state index in [4.69, 9.17) is 0 Å². The molecule has 0 saturated carbocycles. The van der Waals surface area contributed by atoms with Crippen LogP contribution in [0.3, 0.4) is 0 Å². The molecule has 1 nitrogen and oxygen atoms in total. The average molecular weight is 349 g/mol. The van der Waals surface area contributed by atoms with E-state index in [-0.39, 0.29) is 12.0 Å². The van der Waals surface area contributed by atoms with Crippen LogP contribution in [0.2, 0.25) is 0 Å². The molecule has 0 saturated heterocycles. The van der Waals surface area contributed by atoms with Crippen molar-refractivity contribution in [2.45, 2.75) is 12.5 Å². The zero-order chi connectivity index (χ0) is 14.9. The van der Waals surface area contributed by atoms with Gasteiger partial charge in [0.05, 0.1) is 6.10 Å². The Balaban J connectivity index is 2.31. The number of rotatable bonds is 3. The SMILES string of the molecule is OC(Cc1cc(Br)ccc1F)c1ccc(F)c(F)c1F. The van der Waals surface area contributed by atoms with Gasteiger partial charge < -0.3 is 5.11 Å². The number of aliphatic hydroxyl groups is 1. The van der Waals surface area contributed by atoms with Crippen LogP contribution in [-0.2, 0) is 6.42 Å². The first-order valence-electron chi connectivity index (χ1n) is 5.65. The Kier molecular flexibility index (Phi) is 4.45. The van der Waals surface area contributed by atoms with Gasteiger partial charge in [0.25, 0.3) is 0 Å². The van der Waals surface area contributed by atoms with Crippen molar-refractivity contribution in [3.8, 4) is 0 Å². The molecule has 0 aliphatic carbocycles. The van der Waals surface area contributed by atoms with Crippen molar-refractivity contribution in [1.29, 1.82) is 0 Å². The second-order valence-corrected chi connectivity index (χ2v) is 5.14. The van der Waals surface area contributed by atoms with E-state index in [0.717, 1.165) is 6.07 Å². The molecule has 0 bridgehead atoms. The Morgan fingerprint density at radius 3 is 2.30 bits per heavy atom. The Labute approximate surface area is 121 Å². The first kappa shape index (κ1) is 15.0. The van der Waals surface area contributed by atoms with E-state index >= 15 is 0 Å². The Morgan fingerprint density at radius 2 is 1.60 bits per heavy atom. The molecule has 0 aliphatic heterocycles. The van der Waals surface area contributed by atoms with E-state index in [2.05, 4.69) is 15.9 Å². The van der Waals surface area contributed by atoms with Crippen LogP contribution in [0.25, 0.3) is 0 Å². The summed E-state index contributed by atoms with van der Waals surface area (Å²) in [5, 5.41) is 9.87. The van der Waals surface area contributed by atoms with Crippen molar-refractivity contribution < 1.29 is 22.7 Å². The maximum atomic E-state index is 13.5. The van der Waals surface area contributed by atoms with Gasteiger partial charge in [0.15, 0.2) is 17.5 Å². The zero-order valence-electron chi connectivity index (χ0n) is 10.0. The highest BCUT2D eigenvalue weighted by Gasteiger charge is 2.20. The standard InChI is InChI=1S/C14H9BrF4O/c15-8-1-3-10(16)7(5-8)6-12(20)9-2-4-11(17)14(19)13(9)18/h1-5,12,20H,6H2. The summed E-state index contributed by atoms with van der Waals surface area (Å²) < 4.78 is 53.5.